The van der Waals surface area contributed by atoms with Gasteiger partial charge in [-0.1, -0.05) is 12.1 Å². The minimum Gasteiger partial charge on any atom is -0.497 e. The van der Waals surface area contributed by atoms with Crippen molar-refractivity contribution < 1.29 is 28.7 Å². The van der Waals surface area contributed by atoms with Crippen molar-refractivity contribution >= 4 is 11.9 Å². The van der Waals surface area contributed by atoms with E-state index in [2.05, 4.69) is 10.5 Å². The van der Waals surface area contributed by atoms with E-state index in [1.807, 2.05) is 13.8 Å². The highest BCUT2D eigenvalue weighted by Crippen LogP contribution is 2.32. The maximum atomic E-state index is 12.6. The molecule has 0 aliphatic carbocycles. The summed E-state index contributed by atoms with van der Waals surface area (Å²) < 4.78 is 15.7. The van der Waals surface area contributed by atoms with Crippen molar-refractivity contribution in [3.05, 3.63) is 40.8 Å². The fourth-order valence-electron chi connectivity index (χ4n) is 3.35. The van der Waals surface area contributed by atoms with Crippen LogP contribution in [0.15, 0.2) is 22.7 Å². The third-order valence-electron chi connectivity index (χ3n) is 4.60. The van der Waals surface area contributed by atoms with Crippen LogP contribution in [0.5, 0.6) is 11.5 Å². The zero-order valence-electron chi connectivity index (χ0n) is 16.7. The number of methoxy groups -OCH3 is 2. The number of carbonyl (C=O) groups excluding carboxylic acids is 1. The Kier molecular flexibility index (Phi) is 7.03. The number of aliphatic carboxylic acids is 1. The smallest absolute Gasteiger partial charge is 0.305 e. The van der Waals surface area contributed by atoms with Crippen LogP contribution in [0.25, 0.3) is 0 Å². The van der Waals surface area contributed by atoms with Crippen LogP contribution in [0, 0.1) is 13.8 Å². The molecule has 8 heteroatoms. The van der Waals surface area contributed by atoms with Gasteiger partial charge < -0.3 is 24.4 Å². The number of nitrogens with zero attached hydrogens (tertiary/aromatic N) is 1. The van der Waals surface area contributed by atoms with E-state index in [1.54, 1.807) is 25.1 Å². The molecule has 2 aromatic rings. The van der Waals surface area contributed by atoms with Crippen molar-refractivity contribution in [2.45, 2.75) is 45.6 Å². The van der Waals surface area contributed by atoms with Crippen LogP contribution in [0.4, 0.5) is 0 Å². The number of carboxylic acids is 1. The van der Waals surface area contributed by atoms with Crippen LogP contribution < -0.4 is 14.8 Å². The Balaban J connectivity index is 2.20. The fourth-order valence-corrected chi connectivity index (χ4v) is 3.35. The summed E-state index contributed by atoms with van der Waals surface area (Å²) in [6, 6.07) is 4.32. The number of nitrogens with one attached hydrogen (secondary N) is 1. The Hall–Kier alpha value is -3.03. The van der Waals surface area contributed by atoms with Crippen LogP contribution in [-0.2, 0) is 9.59 Å². The third kappa shape index (κ3) is 5.03. The van der Waals surface area contributed by atoms with E-state index < -0.39 is 12.0 Å². The summed E-state index contributed by atoms with van der Waals surface area (Å²) in [5.41, 5.74) is 2.22. The van der Waals surface area contributed by atoms with Gasteiger partial charge >= 0.3 is 5.97 Å². The predicted octanol–water partition coefficient (Wildman–Crippen LogP) is 3.13. The molecule has 0 fully saturated rings. The van der Waals surface area contributed by atoms with E-state index >= 15 is 0 Å². The summed E-state index contributed by atoms with van der Waals surface area (Å²) in [6.07, 6.45) is -0.0917. The Morgan fingerprint density at radius 2 is 1.93 bits per heavy atom. The molecule has 0 radical (unpaired) electrons. The Morgan fingerprint density at radius 1 is 1.21 bits per heavy atom. The summed E-state index contributed by atoms with van der Waals surface area (Å²) in [4.78, 5) is 24.0. The van der Waals surface area contributed by atoms with E-state index in [9.17, 15) is 14.7 Å². The minimum absolute atomic E-state index is 0.116. The van der Waals surface area contributed by atoms with E-state index in [0.717, 1.165) is 11.3 Å². The van der Waals surface area contributed by atoms with Crippen molar-refractivity contribution in [3.8, 4) is 11.5 Å². The average Bonchev–Trinajstić information content (AvgIpc) is 2.98. The maximum Gasteiger partial charge on any atom is 0.305 e. The number of carbonyl (C=O) groups is 2. The summed E-state index contributed by atoms with van der Waals surface area (Å²) in [5.74, 6) is 0.294. The van der Waals surface area contributed by atoms with Gasteiger partial charge in [0, 0.05) is 23.6 Å². The van der Waals surface area contributed by atoms with Crippen LogP contribution in [0.3, 0.4) is 0 Å². The first-order chi connectivity index (χ1) is 13.3. The molecule has 0 aliphatic rings. The first kappa shape index (κ1) is 21.3. The number of aryl methyl sites for hydroxylation is 2. The van der Waals surface area contributed by atoms with Gasteiger partial charge in [0.1, 0.15) is 17.3 Å². The molecule has 0 spiro atoms. The summed E-state index contributed by atoms with van der Waals surface area (Å²) in [7, 11) is 3.01. The summed E-state index contributed by atoms with van der Waals surface area (Å²) >= 11 is 0. The maximum absolute atomic E-state index is 12.6. The van der Waals surface area contributed by atoms with Crippen molar-refractivity contribution in [2.24, 2.45) is 0 Å². The number of carboxylic acid groups (broad SMARTS) is 1. The van der Waals surface area contributed by atoms with Gasteiger partial charge in [0.25, 0.3) is 0 Å². The van der Waals surface area contributed by atoms with Crippen molar-refractivity contribution in [2.75, 3.05) is 14.2 Å². The lowest BCUT2D eigenvalue weighted by atomic mass is 9.95. The van der Waals surface area contributed by atoms with Gasteiger partial charge in [0.05, 0.1) is 32.4 Å². The van der Waals surface area contributed by atoms with Gasteiger partial charge in [-0.2, -0.15) is 0 Å². The molecule has 0 saturated carbocycles. The molecule has 8 nitrogen and oxygen atoms in total. The van der Waals surface area contributed by atoms with Gasteiger partial charge in [-0.05, 0) is 31.9 Å². The molecule has 1 amide bonds. The fraction of sp³-hybridized carbons (Fsp3) is 0.450. The average molecular weight is 390 g/mol. The monoisotopic (exact) mass is 390 g/mol. The number of amides is 1. The zero-order valence-corrected chi connectivity index (χ0v) is 16.7. The number of hydrogen-bond acceptors (Lipinski definition) is 6. The third-order valence-corrected chi connectivity index (χ3v) is 4.60. The second-order valence-electron chi connectivity index (χ2n) is 6.67. The number of hydrogen-bond donors (Lipinski definition) is 2. The molecule has 0 saturated heterocycles. The first-order valence-electron chi connectivity index (χ1n) is 8.92. The minimum atomic E-state index is -1.03. The molecule has 2 N–H and O–H groups in total. The molecule has 0 aliphatic heterocycles. The number of benzene rings is 1. The van der Waals surface area contributed by atoms with Crippen LogP contribution >= 0.6 is 0 Å². The Bertz CT molecular complexity index is 826. The molecule has 2 unspecified atom stereocenters. The topological polar surface area (TPSA) is 111 Å². The summed E-state index contributed by atoms with van der Waals surface area (Å²) in [6.45, 7) is 5.54. The van der Waals surface area contributed by atoms with E-state index in [1.165, 1.54) is 14.2 Å². The SMILES string of the molecule is COc1ccc(C(CC(=O)O)NC(=O)CC(C)c2c(C)noc2C)c(OC)c1. The van der Waals surface area contributed by atoms with Crippen molar-refractivity contribution in [3.63, 3.8) is 0 Å². The van der Waals surface area contributed by atoms with Crippen molar-refractivity contribution in [1.82, 2.24) is 10.5 Å². The van der Waals surface area contributed by atoms with Gasteiger partial charge in [-0.3, -0.25) is 9.59 Å². The lowest BCUT2D eigenvalue weighted by molar-refractivity contribution is -0.137. The van der Waals surface area contributed by atoms with Crippen molar-refractivity contribution in [1.29, 1.82) is 0 Å². The molecular formula is C20H26N2O6. The largest absolute Gasteiger partial charge is 0.497 e. The number of aromatic nitrogens is 1. The van der Waals surface area contributed by atoms with Crippen LogP contribution in [0.2, 0.25) is 0 Å². The number of ether oxygens (including phenoxy) is 2. The second kappa shape index (κ2) is 9.25. The lowest BCUT2D eigenvalue weighted by Gasteiger charge is -2.21. The first-order valence-corrected chi connectivity index (χ1v) is 8.92. The molecule has 2 rings (SSSR count). The molecular weight excluding hydrogens is 364 g/mol. The predicted molar refractivity (Wildman–Crippen MR) is 102 cm³/mol. The van der Waals surface area contributed by atoms with E-state index in [0.29, 0.717) is 22.8 Å². The zero-order chi connectivity index (χ0) is 20.8. The van der Waals surface area contributed by atoms with Gasteiger partial charge in [-0.25, -0.2) is 0 Å². The summed E-state index contributed by atoms with van der Waals surface area (Å²) in [5, 5.41) is 16.0. The van der Waals surface area contributed by atoms with E-state index in [4.69, 9.17) is 14.0 Å². The van der Waals surface area contributed by atoms with E-state index in [-0.39, 0.29) is 24.7 Å². The molecule has 28 heavy (non-hydrogen) atoms. The highest BCUT2D eigenvalue weighted by Gasteiger charge is 2.24. The van der Waals surface area contributed by atoms with Crippen LogP contribution in [-0.4, -0.2) is 36.4 Å². The highest BCUT2D eigenvalue weighted by atomic mass is 16.5. The molecule has 0 bridgehead atoms. The molecule has 1 heterocycles. The molecule has 2 atom stereocenters. The molecule has 1 aromatic heterocycles. The normalized spacial score (nSPS) is 12.9. The standard InChI is InChI=1S/C20H26N2O6/c1-11(20-12(2)22-28-13(20)3)8-18(23)21-16(10-19(24)25)15-7-6-14(26-4)9-17(15)27-5/h6-7,9,11,16H,8,10H2,1-5H3,(H,21,23)(H,24,25). The van der Waals surface area contributed by atoms with Gasteiger partial charge in [-0.15, -0.1) is 0 Å². The quantitative estimate of drug-likeness (QED) is 0.676. The Morgan fingerprint density at radius 3 is 2.46 bits per heavy atom. The molecule has 152 valence electrons. The highest BCUT2D eigenvalue weighted by molar-refractivity contribution is 5.79. The molecule has 1 aromatic carbocycles. The lowest BCUT2D eigenvalue weighted by Crippen LogP contribution is -2.31. The van der Waals surface area contributed by atoms with Gasteiger partial charge in [0.15, 0.2) is 0 Å². The van der Waals surface area contributed by atoms with Crippen LogP contribution in [0.1, 0.15) is 54.3 Å². The Labute approximate surface area is 163 Å². The van der Waals surface area contributed by atoms with Gasteiger partial charge in [0.2, 0.25) is 5.91 Å². The number of rotatable bonds is 9. The second-order valence-corrected chi connectivity index (χ2v) is 6.67.